The molecule has 2 N–H and O–H groups in total. The van der Waals surface area contributed by atoms with E-state index in [1.54, 1.807) is 6.92 Å². The summed E-state index contributed by atoms with van der Waals surface area (Å²) in [5.41, 5.74) is 7.57. The van der Waals surface area contributed by atoms with Gasteiger partial charge in [0, 0.05) is 26.3 Å². The number of ether oxygens (including phenoxy) is 3. The van der Waals surface area contributed by atoms with Gasteiger partial charge in [-0.15, -0.1) is 0 Å². The molecule has 0 amide bonds. The summed E-state index contributed by atoms with van der Waals surface area (Å²) in [4.78, 5) is 36.2. The third kappa shape index (κ3) is 7.51. The SMILES string of the molecule is CCOC(=O)CN(Cc1cccc(CN2CCCC2)c1)c1nc(OCC2CCOCC2)nc(N)c1[N+](=O)[O-]. The molecule has 2 aliphatic rings. The minimum absolute atomic E-state index is 0.0637. The van der Waals surface area contributed by atoms with Crippen molar-refractivity contribution in [3.8, 4) is 6.01 Å². The van der Waals surface area contributed by atoms with E-state index < -0.39 is 16.6 Å². The van der Waals surface area contributed by atoms with Crippen molar-refractivity contribution in [1.29, 1.82) is 0 Å². The van der Waals surface area contributed by atoms with Crippen LogP contribution in [0.1, 0.15) is 43.7 Å². The molecule has 2 aliphatic heterocycles. The van der Waals surface area contributed by atoms with Crippen molar-refractivity contribution in [3.05, 3.63) is 45.5 Å². The zero-order valence-corrected chi connectivity index (χ0v) is 21.8. The lowest BCUT2D eigenvalue weighted by molar-refractivity contribution is -0.383. The van der Waals surface area contributed by atoms with Crippen LogP contribution in [0.25, 0.3) is 0 Å². The average Bonchev–Trinajstić information content (AvgIpc) is 3.40. The molecule has 0 saturated carbocycles. The van der Waals surface area contributed by atoms with Crippen LogP contribution in [-0.4, -0.2) is 71.8 Å². The van der Waals surface area contributed by atoms with E-state index in [4.69, 9.17) is 19.9 Å². The molecule has 0 spiro atoms. The standard InChI is InChI=1S/C26H36N6O6/c1-2-37-22(33)17-31(16-21-7-5-6-20(14-21)15-30-10-3-4-11-30)25-23(32(34)35)24(27)28-26(29-25)38-18-19-8-12-36-13-9-19/h5-7,14,19H,2-4,8-13,15-18H2,1H3,(H2,27,28,29). The molecule has 0 aliphatic carbocycles. The summed E-state index contributed by atoms with van der Waals surface area (Å²) in [6.45, 7) is 6.46. The second kappa shape index (κ2) is 13.3. The highest BCUT2D eigenvalue weighted by molar-refractivity contribution is 5.78. The van der Waals surface area contributed by atoms with Crippen molar-refractivity contribution in [3.63, 3.8) is 0 Å². The van der Waals surface area contributed by atoms with E-state index in [1.165, 1.54) is 17.7 Å². The number of nitro groups is 1. The third-order valence-corrected chi connectivity index (χ3v) is 6.74. The van der Waals surface area contributed by atoms with E-state index >= 15 is 0 Å². The molecular formula is C26H36N6O6. The van der Waals surface area contributed by atoms with E-state index in [-0.39, 0.29) is 43.3 Å². The first-order valence-corrected chi connectivity index (χ1v) is 13.2. The van der Waals surface area contributed by atoms with Crippen molar-refractivity contribution in [1.82, 2.24) is 14.9 Å². The number of hydrogen-bond donors (Lipinski definition) is 1. The molecule has 2 aromatic rings. The molecule has 1 aromatic heterocycles. The zero-order valence-electron chi connectivity index (χ0n) is 21.8. The van der Waals surface area contributed by atoms with E-state index in [9.17, 15) is 14.9 Å². The molecule has 4 rings (SSSR count). The summed E-state index contributed by atoms with van der Waals surface area (Å²) in [5.74, 6) is -0.667. The molecule has 0 radical (unpaired) electrons. The number of aromatic nitrogens is 2. The molecular weight excluding hydrogens is 492 g/mol. The van der Waals surface area contributed by atoms with Crippen LogP contribution in [0.2, 0.25) is 0 Å². The third-order valence-electron chi connectivity index (χ3n) is 6.74. The number of likely N-dealkylation sites (tertiary alicyclic amines) is 1. The minimum Gasteiger partial charge on any atom is -0.465 e. The Kier molecular flexibility index (Phi) is 9.66. The Hall–Kier alpha value is -3.51. The Morgan fingerprint density at radius 1 is 1.24 bits per heavy atom. The molecule has 0 unspecified atom stereocenters. The van der Waals surface area contributed by atoms with Gasteiger partial charge < -0.3 is 24.8 Å². The molecule has 0 bridgehead atoms. The van der Waals surface area contributed by atoms with E-state index in [0.29, 0.717) is 19.8 Å². The summed E-state index contributed by atoms with van der Waals surface area (Å²) in [7, 11) is 0. The first-order chi connectivity index (χ1) is 18.4. The van der Waals surface area contributed by atoms with E-state index in [1.807, 2.05) is 12.1 Å². The Morgan fingerprint density at radius 2 is 1.97 bits per heavy atom. The quantitative estimate of drug-likeness (QED) is 0.246. The highest BCUT2D eigenvalue weighted by atomic mass is 16.6. The van der Waals surface area contributed by atoms with Crippen LogP contribution >= 0.6 is 0 Å². The normalized spacial score (nSPS) is 16.3. The first kappa shape index (κ1) is 27.5. The molecule has 2 saturated heterocycles. The minimum atomic E-state index is -0.630. The first-order valence-electron chi connectivity index (χ1n) is 13.2. The number of anilines is 2. The van der Waals surface area contributed by atoms with Gasteiger partial charge in [-0.1, -0.05) is 24.3 Å². The second-order valence-electron chi connectivity index (χ2n) is 9.65. The zero-order chi connectivity index (χ0) is 26.9. The highest BCUT2D eigenvalue weighted by Gasteiger charge is 2.30. The van der Waals surface area contributed by atoms with Gasteiger partial charge in [0.05, 0.1) is 18.1 Å². The Morgan fingerprint density at radius 3 is 2.68 bits per heavy atom. The maximum atomic E-state index is 12.5. The molecule has 206 valence electrons. The summed E-state index contributed by atoms with van der Waals surface area (Å²) < 4.78 is 16.4. The molecule has 38 heavy (non-hydrogen) atoms. The van der Waals surface area contributed by atoms with Gasteiger partial charge in [-0.25, -0.2) is 0 Å². The number of esters is 1. The van der Waals surface area contributed by atoms with Gasteiger partial charge >= 0.3 is 17.7 Å². The smallest absolute Gasteiger partial charge is 0.353 e. The number of benzene rings is 1. The van der Waals surface area contributed by atoms with Crippen LogP contribution in [-0.2, 0) is 27.4 Å². The van der Waals surface area contributed by atoms with Crippen LogP contribution in [0.5, 0.6) is 6.01 Å². The maximum Gasteiger partial charge on any atom is 0.353 e. The average molecular weight is 529 g/mol. The number of carbonyl (C=O) groups excluding carboxylic acids is 1. The topological polar surface area (TPSA) is 146 Å². The summed E-state index contributed by atoms with van der Waals surface area (Å²) >= 11 is 0. The molecule has 2 fully saturated rings. The fourth-order valence-electron chi connectivity index (χ4n) is 4.82. The van der Waals surface area contributed by atoms with Gasteiger partial charge in [0.15, 0.2) is 0 Å². The van der Waals surface area contributed by atoms with Crippen molar-refractivity contribution >= 4 is 23.3 Å². The predicted molar refractivity (Wildman–Crippen MR) is 141 cm³/mol. The van der Waals surface area contributed by atoms with Crippen molar-refractivity contribution in [2.45, 2.75) is 45.7 Å². The monoisotopic (exact) mass is 528 g/mol. The lowest BCUT2D eigenvalue weighted by Gasteiger charge is -2.24. The summed E-state index contributed by atoms with van der Waals surface area (Å²) in [6.07, 6.45) is 4.09. The van der Waals surface area contributed by atoms with E-state index in [0.717, 1.165) is 43.6 Å². The van der Waals surface area contributed by atoms with Crippen molar-refractivity contribution < 1.29 is 23.9 Å². The number of nitrogens with two attached hydrogens (primary N) is 1. The van der Waals surface area contributed by atoms with Crippen molar-refractivity contribution in [2.75, 3.05) is 56.7 Å². The highest BCUT2D eigenvalue weighted by Crippen LogP contribution is 2.34. The molecule has 12 heteroatoms. The van der Waals surface area contributed by atoms with Crippen molar-refractivity contribution in [2.24, 2.45) is 5.92 Å². The lowest BCUT2D eigenvalue weighted by Crippen LogP contribution is -2.32. The van der Waals surface area contributed by atoms with Gasteiger partial charge in [-0.3, -0.25) is 19.8 Å². The molecule has 3 heterocycles. The Balaban J connectivity index is 1.61. The number of rotatable bonds is 12. The summed E-state index contributed by atoms with van der Waals surface area (Å²) in [6, 6.07) is 7.92. The van der Waals surface area contributed by atoms with Gasteiger partial charge in [-0.05, 0) is 62.7 Å². The lowest BCUT2D eigenvalue weighted by atomic mass is 10.0. The van der Waals surface area contributed by atoms with Gasteiger partial charge in [-0.2, -0.15) is 9.97 Å². The Labute approximate surface area is 222 Å². The fraction of sp³-hybridized carbons (Fsp3) is 0.577. The van der Waals surface area contributed by atoms with Crippen LogP contribution in [0.3, 0.4) is 0 Å². The van der Waals surface area contributed by atoms with Crippen LogP contribution in [0, 0.1) is 16.0 Å². The second-order valence-corrected chi connectivity index (χ2v) is 9.65. The van der Waals surface area contributed by atoms with Gasteiger partial charge in [0.25, 0.3) is 0 Å². The van der Waals surface area contributed by atoms with Crippen LogP contribution in [0.15, 0.2) is 24.3 Å². The van der Waals surface area contributed by atoms with Crippen LogP contribution in [0.4, 0.5) is 17.3 Å². The van der Waals surface area contributed by atoms with Crippen LogP contribution < -0.4 is 15.4 Å². The molecule has 12 nitrogen and oxygen atoms in total. The summed E-state index contributed by atoms with van der Waals surface area (Å²) in [5, 5.41) is 12.0. The number of nitrogens with zero attached hydrogens (tertiary/aromatic N) is 5. The largest absolute Gasteiger partial charge is 0.465 e. The Bertz CT molecular complexity index is 1100. The molecule has 1 aromatic carbocycles. The van der Waals surface area contributed by atoms with Gasteiger partial charge in [0.2, 0.25) is 11.6 Å². The number of carbonyl (C=O) groups is 1. The van der Waals surface area contributed by atoms with Gasteiger partial charge in [0.1, 0.15) is 6.54 Å². The number of nitrogen functional groups attached to an aromatic ring is 1. The predicted octanol–water partition coefficient (Wildman–Crippen LogP) is 2.94. The maximum absolute atomic E-state index is 12.5. The van der Waals surface area contributed by atoms with E-state index in [2.05, 4.69) is 27.0 Å². The molecule has 0 atom stereocenters. The number of hydrogen-bond acceptors (Lipinski definition) is 11. The fourth-order valence-corrected chi connectivity index (χ4v) is 4.82.